The van der Waals surface area contributed by atoms with Gasteiger partial charge in [0.05, 0.1) is 5.71 Å². The van der Waals surface area contributed by atoms with Crippen molar-refractivity contribution in [1.29, 1.82) is 0 Å². The van der Waals surface area contributed by atoms with E-state index in [2.05, 4.69) is 15.5 Å². The first-order chi connectivity index (χ1) is 23.2. The maximum Gasteiger partial charge on any atom is 0.356 e. The van der Waals surface area contributed by atoms with Crippen LogP contribution in [0.1, 0.15) is 58.8 Å². The van der Waals surface area contributed by atoms with Gasteiger partial charge in [-0.2, -0.15) is 0 Å². The monoisotopic (exact) mass is 696 g/mol. The number of benzene rings is 2. The van der Waals surface area contributed by atoms with Gasteiger partial charge in [-0.3, -0.25) is 19.5 Å². The van der Waals surface area contributed by atoms with Crippen LogP contribution in [0.5, 0.6) is 0 Å². The highest BCUT2D eigenvalue weighted by Gasteiger charge is 2.54. The van der Waals surface area contributed by atoms with Gasteiger partial charge in [0.1, 0.15) is 11.1 Å². The van der Waals surface area contributed by atoms with Crippen molar-refractivity contribution >= 4 is 46.9 Å². The largest absolute Gasteiger partial charge is 0.448 e. The third-order valence-electron chi connectivity index (χ3n) is 8.58. The Bertz CT molecular complexity index is 1830. The van der Waals surface area contributed by atoms with E-state index in [0.29, 0.717) is 33.5 Å². The zero-order chi connectivity index (χ0) is 35.1. The summed E-state index contributed by atoms with van der Waals surface area (Å²) >= 11 is 2.95. The molecule has 3 heterocycles. The van der Waals surface area contributed by atoms with Gasteiger partial charge in [0, 0.05) is 29.7 Å². The van der Waals surface area contributed by atoms with Crippen LogP contribution in [0.25, 0.3) is 0 Å². The Kier molecular flexibility index (Phi) is 9.56. The molecule has 49 heavy (non-hydrogen) atoms. The van der Waals surface area contributed by atoms with E-state index < -0.39 is 34.3 Å². The van der Waals surface area contributed by atoms with Crippen LogP contribution in [0.4, 0.5) is 0 Å². The number of fused-ring (bicyclic) bond motifs is 1. The Balaban J connectivity index is 1.36. The molecule has 3 aromatic rings. The molecule has 0 N–H and O–H groups in total. The number of β-lactam (4-membered cyclic amide) rings is 1. The Hall–Kier alpha value is -4.29. The third-order valence-corrected chi connectivity index (χ3v) is 11.0. The van der Waals surface area contributed by atoms with Crippen LogP contribution >= 0.6 is 23.5 Å². The molecule has 0 radical (unpaired) electrons. The molecule has 0 spiro atoms. The number of Topliss-reactive ketones (excluding diaryl/α,β-unsaturated/α-hetero) is 1. The lowest BCUT2D eigenvalue weighted by Crippen LogP contribution is -2.64. The molecule has 12 heteroatoms. The summed E-state index contributed by atoms with van der Waals surface area (Å²) in [6.07, 6.45) is 2.95. The second-order valence-corrected chi connectivity index (χ2v) is 16.3. The summed E-state index contributed by atoms with van der Waals surface area (Å²) in [6, 6.07) is 18.4. The Morgan fingerprint density at radius 2 is 1.53 bits per heavy atom. The van der Waals surface area contributed by atoms with Gasteiger partial charge in [-0.1, -0.05) is 114 Å². The summed E-state index contributed by atoms with van der Waals surface area (Å²) in [5.41, 5.74) is 3.73. The molecule has 0 bridgehead atoms. The maximum atomic E-state index is 14.3. The lowest BCUT2D eigenvalue weighted by molar-refractivity contribution is -0.153. The van der Waals surface area contributed by atoms with E-state index in [4.69, 9.17) is 9.73 Å². The van der Waals surface area contributed by atoms with Gasteiger partial charge in [0.25, 0.3) is 5.91 Å². The summed E-state index contributed by atoms with van der Waals surface area (Å²) in [7, 11) is 1.75. The van der Waals surface area contributed by atoms with Crippen molar-refractivity contribution in [2.24, 2.45) is 22.9 Å². The van der Waals surface area contributed by atoms with E-state index >= 15 is 0 Å². The number of ether oxygens (including phenoxy) is 1. The van der Waals surface area contributed by atoms with Crippen LogP contribution in [-0.4, -0.2) is 71.4 Å². The van der Waals surface area contributed by atoms with Crippen LogP contribution in [0.2, 0.25) is 0 Å². The molecule has 10 nitrogen and oxygen atoms in total. The summed E-state index contributed by atoms with van der Waals surface area (Å²) in [5, 5.41) is 11.9. The number of aryl methyl sites for hydroxylation is 1. The molecule has 1 aliphatic carbocycles. The molecule has 2 atom stereocenters. The molecular formula is C37H40N6O4S2. The number of esters is 1. The molecule has 254 valence electrons. The second kappa shape index (κ2) is 13.5. The van der Waals surface area contributed by atoms with Crippen molar-refractivity contribution < 1.29 is 19.1 Å². The molecule has 1 amide bonds. The highest BCUT2D eigenvalue weighted by Crippen LogP contribution is 2.45. The van der Waals surface area contributed by atoms with Crippen molar-refractivity contribution in [1.82, 2.24) is 25.1 Å². The maximum absolute atomic E-state index is 14.3. The number of thioether (sulfide) groups is 2. The number of nitrogens with zero attached hydrogens (tertiary/aromatic N) is 6. The van der Waals surface area contributed by atoms with Gasteiger partial charge in [0.2, 0.25) is 5.16 Å². The fourth-order valence-electron chi connectivity index (χ4n) is 5.95. The molecule has 1 aromatic heterocycles. The fraction of sp³-hybridized carbons (Fsp3) is 0.378. The molecule has 2 aliphatic heterocycles. The zero-order valence-electron chi connectivity index (χ0n) is 28.7. The van der Waals surface area contributed by atoms with Gasteiger partial charge in [0.15, 0.2) is 17.9 Å². The van der Waals surface area contributed by atoms with Gasteiger partial charge < -0.3 is 4.74 Å². The van der Waals surface area contributed by atoms with Crippen molar-refractivity contribution in [3.63, 3.8) is 0 Å². The van der Waals surface area contributed by atoms with Gasteiger partial charge >= 0.3 is 5.97 Å². The number of carbonyl (C=O) groups is 3. The predicted molar refractivity (Wildman–Crippen MR) is 192 cm³/mol. The van der Waals surface area contributed by atoms with E-state index in [0.717, 1.165) is 16.7 Å². The number of hydrogen-bond acceptors (Lipinski definition) is 10. The first kappa shape index (κ1) is 34.6. The van der Waals surface area contributed by atoms with Crippen LogP contribution in [-0.2, 0) is 26.2 Å². The Labute approximate surface area is 295 Å². The van der Waals surface area contributed by atoms with Gasteiger partial charge in [-0.25, -0.2) is 9.48 Å². The van der Waals surface area contributed by atoms with E-state index in [1.165, 1.54) is 11.8 Å². The quantitative estimate of drug-likeness (QED) is 0.118. The summed E-state index contributed by atoms with van der Waals surface area (Å²) < 4.78 is 7.87. The summed E-state index contributed by atoms with van der Waals surface area (Å²) in [5.74, 6) is 0.0168. The lowest BCUT2D eigenvalue weighted by Gasteiger charge is -2.48. The normalized spacial score (nSPS) is 19.8. The number of rotatable bonds is 8. The van der Waals surface area contributed by atoms with E-state index in [1.54, 1.807) is 28.4 Å². The molecule has 1 saturated heterocycles. The number of allylic oxidation sites excluding steroid dienone is 4. The molecule has 2 aromatic carbocycles. The molecule has 0 unspecified atom stereocenters. The number of ketones is 1. The Morgan fingerprint density at radius 1 is 0.959 bits per heavy atom. The lowest BCUT2D eigenvalue weighted by atomic mass is 9.72. The highest BCUT2D eigenvalue weighted by molar-refractivity contribution is 8.01. The van der Waals surface area contributed by atoms with Crippen molar-refractivity contribution in [3.8, 4) is 0 Å². The minimum atomic E-state index is -0.720. The van der Waals surface area contributed by atoms with E-state index in [-0.39, 0.29) is 17.4 Å². The van der Waals surface area contributed by atoms with Crippen molar-refractivity contribution in [2.45, 2.75) is 64.2 Å². The molecule has 0 saturated carbocycles. The van der Waals surface area contributed by atoms with Crippen molar-refractivity contribution in [3.05, 3.63) is 106 Å². The first-order valence-electron chi connectivity index (χ1n) is 16.1. The number of hydrogen-bond donors (Lipinski definition) is 0. The van der Waals surface area contributed by atoms with E-state index in [1.807, 2.05) is 114 Å². The average Bonchev–Trinajstić information content (AvgIpc) is 3.48. The predicted octanol–water partition coefficient (Wildman–Crippen LogP) is 6.14. The topological polar surface area (TPSA) is 120 Å². The average molecular weight is 697 g/mol. The SMILES string of the molecule is Cn1nnnc1SCC1=C(C(=O)OC(c2ccccc2)c2ccccc2)N2C(=O)[C@@H](N=C3C=C(C(C)(C)C)C(=O)C(C(C)(C)C)=C3)[C@H]2SC1. The Morgan fingerprint density at radius 3 is 2.04 bits per heavy atom. The standard InChI is InChI=1S/C37H40N6O4S2/c1-36(2,3)26-18-25(19-27(30(26)44)37(4,5)6)38-28-32(45)43-29(24(20-48-33(28)43)21-49-35-39-40-41-42(35)7)34(46)47-31(22-14-10-8-11-15-22)23-16-12-9-13-17-23/h8-19,28,31,33H,20-21H2,1-7H3/t28-,33-/m1/s1. The van der Waals surface area contributed by atoms with E-state index in [9.17, 15) is 14.4 Å². The zero-order valence-corrected chi connectivity index (χ0v) is 30.3. The molecular weight excluding hydrogens is 657 g/mol. The molecule has 6 rings (SSSR count). The minimum absolute atomic E-state index is 0.00663. The highest BCUT2D eigenvalue weighted by atomic mass is 32.2. The number of carbonyl (C=O) groups excluding carboxylic acids is 3. The first-order valence-corrected chi connectivity index (χ1v) is 18.2. The van der Waals surface area contributed by atoms with Crippen LogP contribution < -0.4 is 0 Å². The van der Waals surface area contributed by atoms with Crippen LogP contribution in [0.15, 0.2) is 105 Å². The minimum Gasteiger partial charge on any atom is -0.448 e. The number of tetrazole rings is 1. The van der Waals surface area contributed by atoms with Gasteiger partial charge in [-0.05, 0) is 50.1 Å². The third kappa shape index (κ3) is 7.07. The van der Waals surface area contributed by atoms with Crippen LogP contribution in [0, 0.1) is 10.8 Å². The smallest absolute Gasteiger partial charge is 0.356 e. The van der Waals surface area contributed by atoms with Crippen molar-refractivity contribution in [2.75, 3.05) is 11.5 Å². The number of aliphatic imine (C=N–C) groups is 1. The fourth-order valence-corrected chi connectivity index (χ4v) is 8.27. The number of amides is 1. The molecule has 3 aliphatic rings. The molecule has 1 fully saturated rings. The summed E-state index contributed by atoms with van der Waals surface area (Å²) in [6.45, 7) is 12.0. The summed E-state index contributed by atoms with van der Waals surface area (Å²) in [4.78, 5) is 48.4. The van der Waals surface area contributed by atoms with Gasteiger partial charge in [-0.15, -0.1) is 16.9 Å². The number of aromatic nitrogens is 4. The van der Waals surface area contributed by atoms with Crippen LogP contribution in [0.3, 0.4) is 0 Å². The second-order valence-electron chi connectivity index (χ2n) is 14.3.